The zero-order valence-corrected chi connectivity index (χ0v) is 18.9. The molecule has 1 aliphatic carbocycles. The minimum atomic E-state index is 0.435. The maximum Gasteiger partial charge on any atom is 0.127 e. The minimum Gasteiger partial charge on any atom is -0.323 e. The van der Waals surface area contributed by atoms with Crippen molar-refractivity contribution in [1.29, 1.82) is 0 Å². The zero-order chi connectivity index (χ0) is 20.3. The second-order valence-corrected chi connectivity index (χ2v) is 10.1. The Balaban J connectivity index is 1.30. The van der Waals surface area contributed by atoms with Gasteiger partial charge in [0.25, 0.3) is 0 Å². The van der Waals surface area contributed by atoms with Crippen molar-refractivity contribution in [2.45, 2.75) is 95.7 Å². The Kier molecular flexibility index (Phi) is 6.42. The van der Waals surface area contributed by atoms with Crippen molar-refractivity contribution in [2.24, 2.45) is 5.92 Å². The summed E-state index contributed by atoms with van der Waals surface area (Å²) in [6.45, 7) is 6.14. The first-order valence-corrected chi connectivity index (χ1v) is 12.8. The van der Waals surface area contributed by atoms with Gasteiger partial charge >= 0.3 is 0 Å². The standard InChI is InChI=1S/C26H40N4/c1-20(21-10-5-3-2-4-6-11-21)29-18-15-22(16-19-29)30-25-14-8-7-12-23(25)28-26(30)24-13-9-17-27-24/h7-8,12,14,20-22,24,27H,2-6,9-11,13,15-19H2,1H3. The number of likely N-dealkylation sites (tertiary alicyclic amines) is 1. The number of fused-ring (bicyclic) bond motifs is 1. The molecule has 1 saturated carbocycles. The fourth-order valence-electron chi connectivity index (χ4n) is 6.42. The lowest BCUT2D eigenvalue weighted by molar-refractivity contribution is 0.0955. The molecule has 0 radical (unpaired) electrons. The molecule has 164 valence electrons. The predicted molar refractivity (Wildman–Crippen MR) is 125 cm³/mol. The van der Waals surface area contributed by atoms with Crippen molar-refractivity contribution >= 4 is 11.0 Å². The molecule has 3 heterocycles. The Morgan fingerprint density at radius 3 is 2.37 bits per heavy atom. The van der Waals surface area contributed by atoms with Crippen molar-refractivity contribution in [1.82, 2.24) is 19.8 Å². The van der Waals surface area contributed by atoms with Gasteiger partial charge in [-0.2, -0.15) is 0 Å². The average Bonchev–Trinajstić information content (AvgIpc) is 3.41. The summed E-state index contributed by atoms with van der Waals surface area (Å²) in [6.07, 6.45) is 15.2. The van der Waals surface area contributed by atoms with Crippen LogP contribution in [0.2, 0.25) is 0 Å². The summed E-state index contributed by atoms with van der Waals surface area (Å²) in [5.74, 6) is 2.20. The van der Waals surface area contributed by atoms with Crippen molar-refractivity contribution < 1.29 is 0 Å². The van der Waals surface area contributed by atoms with Gasteiger partial charge in [-0.05, 0) is 70.0 Å². The van der Waals surface area contributed by atoms with Gasteiger partial charge in [0.05, 0.1) is 17.1 Å². The van der Waals surface area contributed by atoms with E-state index >= 15 is 0 Å². The van der Waals surface area contributed by atoms with E-state index in [9.17, 15) is 0 Å². The normalized spacial score (nSPS) is 26.6. The van der Waals surface area contributed by atoms with Crippen molar-refractivity contribution in [2.75, 3.05) is 19.6 Å². The molecule has 0 amide bonds. The van der Waals surface area contributed by atoms with E-state index in [1.165, 1.54) is 101 Å². The molecule has 0 spiro atoms. The number of aromatic nitrogens is 2. The maximum atomic E-state index is 5.10. The monoisotopic (exact) mass is 408 g/mol. The van der Waals surface area contributed by atoms with Gasteiger partial charge < -0.3 is 14.8 Å². The third kappa shape index (κ3) is 4.18. The Bertz CT molecular complexity index is 806. The molecule has 5 rings (SSSR count). The first-order valence-electron chi connectivity index (χ1n) is 12.8. The summed E-state index contributed by atoms with van der Waals surface area (Å²) in [5, 5.41) is 3.70. The number of para-hydroxylation sites is 2. The van der Waals surface area contributed by atoms with Crippen LogP contribution in [0.4, 0.5) is 0 Å². The molecule has 2 saturated heterocycles. The molecule has 2 aromatic rings. The van der Waals surface area contributed by atoms with Crippen LogP contribution >= 0.6 is 0 Å². The highest BCUT2D eigenvalue weighted by Gasteiger charge is 2.31. The lowest BCUT2D eigenvalue weighted by Gasteiger charge is -2.41. The summed E-state index contributed by atoms with van der Waals surface area (Å²) in [4.78, 5) is 7.92. The van der Waals surface area contributed by atoms with Gasteiger partial charge in [0.15, 0.2) is 0 Å². The van der Waals surface area contributed by atoms with E-state index in [1.807, 2.05) is 0 Å². The Morgan fingerprint density at radius 1 is 0.900 bits per heavy atom. The lowest BCUT2D eigenvalue weighted by Crippen LogP contribution is -2.44. The van der Waals surface area contributed by atoms with Crippen molar-refractivity contribution in [3.63, 3.8) is 0 Å². The fraction of sp³-hybridized carbons (Fsp3) is 0.731. The van der Waals surface area contributed by atoms with Gasteiger partial charge in [-0.3, -0.25) is 0 Å². The van der Waals surface area contributed by atoms with Gasteiger partial charge in [-0.25, -0.2) is 4.98 Å². The molecule has 1 N–H and O–H groups in total. The number of imidazole rings is 1. The van der Waals surface area contributed by atoms with Crippen molar-refractivity contribution in [3.05, 3.63) is 30.1 Å². The molecule has 4 heteroatoms. The second-order valence-electron chi connectivity index (χ2n) is 10.1. The number of nitrogens with one attached hydrogen (secondary N) is 1. The molecule has 1 aromatic carbocycles. The summed E-state index contributed by atoms with van der Waals surface area (Å²) in [7, 11) is 0. The number of hydrogen-bond acceptors (Lipinski definition) is 3. The van der Waals surface area contributed by atoms with E-state index in [0.29, 0.717) is 12.1 Å². The quantitative estimate of drug-likeness (QED) is 0.689. The SMILES string of the molecule is CC(C1CCCCCCC1)N1CCC(n2c(C3CCCN3)nc3ccccc32)CC1. The van der Waals surface area contributed by atoms with Gasteiger partial charge in [0.2, 0.25) is 0 Å². The van der Waals surface area contributed by atoms with Crippen LogP contribution in [0.3, 0.4) is 0 Å². The minimum absolute atomic E-state index is 0.435. The topological polar surface area (TPSA) is 33.1 Å². The van der Waals surface area contributed by atoms with E-state index in [4.69, 9.17) is 4.98 Å². The molecule has 2 unspecified atom stereocenters. The highest BCUT2D eigenvalue weighted by molar-refractivity contribution is 5.76. The van der Waals surface area contributed by atoms with E-state index < -0.39 is 0 Å². The number of nitrogens with zero attached hydrogens (tertiary/aromatic N) is 3. The summed E-state index contributed by atoms with van der Waals surface area (Å²) in [6, 6.07) is 10.6. The highest BCUT2D eigenvalue weighted by Crippen LogP contribution is 2.35. The van der Waals surface area contributed by atoms with Crippen LogP contribution in [0.1, 0.15) is 95.5 Å². The summed E-state index contributed by atoms with van der Waals surface area (Å²) >= 11 is 0. The van der Waals surface area contributed by atoms with E-state index in [1.54, 1.807) is 0 Å². The van der Waals surface area contributed by atoms with Crippen LogP contribution in [-0.4, -0.2) is 40.1 Å². The highest BCUT2D eigenvalue weighted by atomic mass is 15.2. The first-order chi connectivity index (χ1) is 14.8. The van der Waals surface area contributed by atoms with Crippen LogP contribution < -0.4 is 5.32 Å². The lowest BCUT2D eigenvalue weighted by atomic mass is 9.85. The smallest absolute Gasteiger partial charge is 0.127 e. The molecular formula is C26H40N4. The van der Waals surface area contributed by atoms with Crippen LogP contribution in [-0.2, 0) is 0 Å². The average molecular weight is 409 g/mol. The van der Waals surface area contributed by atoms with Crippen molar-refractivity contribution in [3.8, 4) is 0 Å². The third-order valence-electron chi connectivity index (χ3n) is 8.27. The Morgan fingerprint density at radius 2 is 1.63 bits per heavy atom. The molecule has 2 aliphatic heterocycles. The number of benzene rings is 1. The zero-order valence-electron chi connectivity index (χ0n) is 18.9. The fourth-order valence-corrected chi connectivity index (χ4v) is 6.42. The summed E-state index contributed by atoms with van der Waals surface area (Å²) < 4.78 is 2.62. The van der Waals surface area contributed by atoms with E-state index in [0.717, 1.165) is 18.5 Å². The maximum absolute atomic E-state index is 5.10. The summed E-state index contributed by atoms with van der Waals surface area (Å²) in [5.41, 5.74) is 2.51. The predicted octanol–water partition coefficient (Wildman–Crippen LogP) is 5.85. The van der Waals surface area contributed by atoms with Crippen LogP contribution in [0.15, 0.2) is 24.3 Å². The molecule has 1 aromatic heterocycles. The van der Waals surface area contributed by atoms with E-state index in [2.05, 4.69) is 46.0 Å². The Hall–Kier alpha value is -1.39. The molecule has 0 bridgehead atoms. The molecule has 30 heavy (non-hydrogen) atoms. The molecule has 2 atom stereocenters. The van der Waals surface area contributed by atoms with Gasteiger partial charge in [0.1, 0.15) is 5.82 Å². The molecule has 3 fully saturated rings. The van der Waals surface area contributed by atoms with Crippen LogP contribution in [0.5, 0.6) is 0 Å². The molecule has 3 aliphatic rings. The third-order valence-corrected chi connectivity index (χ3v) is 8.27. The largest absolute Gasteiger partial charge is 0.323 e. The number of piperidine rings is 1. The van der Waals surface area contributed by atoms with E-state index in [-0.39, 0.29) is 0 Å². The first kappa shape index (κ1) is 20.5. The van der Waals surface area contributed by atoms with Crippen LogP contribution in [0, 0.1) is 5.92 Å². The number of hydrogen-bond donors (Lipinski definition) is 1. The van der Waals surface area contributed by atoms with Crippen LogP contribution in [0.25, 0.3) is 11.0 Å². The molecular weight excluding hydrogens is 368 g/mol. The van der Waals surface area contributed by atoms with Gasteiger partial charge in [0, 0.05) is 25.2 Å². The van der Waals surface area contributed by atoms with Gasteiger partial charge in [-0.1, -0.05) is 44.2 Å². The number of rotatable bonds is 4. The molecule has 4 nitrogen and oxygen atoms in total. The Labute approximate surface area is 182 Å². The second kappa shape index (κ2) is 9.40. The van der Waals surface area contributed by atoms with Gasteiger partial charge in [-0.15, -0.1) is 0 Å².